The van der Waals surface area contributed by atoms with Gasteiger partial charge in [0.2, 0.25) is 5.89 Å². The number of rotatable bonds is 4. The van der Waals surface area contributed by atoms with E-state index in [1.54, 1.807) is 12.1 Å². The van der Waals surface area contributed by atoms with Crippen LogP contribution >= 0.6 is 22.9 Å². The van der Waals surface area contributed by atoms with Crippen molar-refractivity contribution in [3.05, 3.63) is 45.9 Å². The van der Waals surface area contributed by atoms with E-state index in [2.05, 4.69) is 10.3 Å². The predicted molar refractivity (Wildman–Crippen MR) is 91.2 cm³/mol. The molecule has 0 aliphatic carbocycles. The highest BCUT2D eigenvalue weighted by Crippen LogP contribution is 2.37. The van der Waals surface area contributed by atoms with Gasteiger partial charge in [-0.05, 0) is 42.3 Å². The Balaban J connectivity index is 1.79. The Bertz CT molecular complexity index is 932. The number of carboxylic acids is 1. The molecule has 0 unspecified atom stereocenters. The number of carboxylic acid groups (broad SMARTS) is 1. The number of nitrogens with one attached hydrogen (secondary N) is 1. The van der Waals surface area contributed by atoms with E-state index in [1.165, 1.54) is 16.9 Å². The SMILES string of the molecule is O=C([O-])Cc1nc(-c2ccc3c(c2)CCN3)oc1-c1ccc(Cl)s1. The molecule has 3 aromatic rings. The number of hydrogen-bond donors (Lipinski definition) is 1. The van der Waals surface area contributed by atoms with Gasteiger partial charge in [0.25, 0.3) is 0 Å². The molecule has 0 saturated heterocycles. The number of fused-ring (bicyclic) bond motifs is 1. The average Bonchev–Trinajstić information content (AvgIpc) is 3.24. The molecular weight excluding hydrogens is 348 g/mol. The number of carbonyl (C=O) groups excluding carboxylic acids is 1. The van der Waals surface area contributed by atoms with Crippen LogP contribution in [0.3, 0.4) is 0 Å². The Hall–Kier alpha value is -2.31. The number of carbonyl (C=O) groups is 1. The maximum absolute atomic E-state index is 11.0. The van der Waals surface area contributed by atoms with Crippen LogP contribution in [0.5, 0.6) is 0 Å². The predicted octanol–water partition coefficient (Wildman–Crippen LogP) is 2.98. The second-order valence-electron chi connectivity index (χ2n) is 5.50. The van der Waals surface area contributed by atoms with Crippen molar-refractivity contribution in [1.82, 2.24) is 4.98 Å². The Kier molecular flexibility index (Phi) is 3.78. The van der Waals surface area contributed by atoms with Gasteiger partial charge in [0.1, 0.15) is 0 Å². The number of thiophene rings is 1. The van der Waals surface area contributed by atoms with Crippen molar-refractivity contribution in [2.75, 3.05) is 11.9 Å². The molecule has 0 atom stereocenters. The van der Waals surface area contributed by atoms with Crippen LogP contribution in [0.4, 0.5) is 5.69 Å². The number of nitrogens with zero attached hydrogens (tertiary/aromatic N) is 1. The summed E-state index contributed by atoms with van der Waals surface area (Å²) in [6.45, 7) is 0.916. The third-order valence-corrected chi connectivity index (χ3v) is 5.10. The summed E-state index contributed by atoms with van der Waals surface area (Å²) in [5, 5.41) is 14.3. The van der Waals surface area contributed by atoms with Gasteiger partial charge in [0.05, 0.1) is 14.9 Å². The third kappa shape index (κ3) is 2.79. The van der Waals surface area contributed by atoms with E-state index in [0.29, 0.717) is 21.7 Å². The molecule has 1 N–H and O–H groups in total. The molecule has 1 aliphatic heterocycles. The zero-order valence-electron chi connectivity index (χ0n) is 12.5. The quantitative estimate of drug-likeness (QED) is 0.774. The summed E-state index contributed by atoms with van der Waals surface area (Å²) in [7, 11) is 0. The number of aromatic nitrogens is 1. The van der Waals surface area contributed by atoms with Gasteiger partial charge in [-0.15, -0.1) is 11.3 Å². The summed E-state index contributed by atoms with van der Waals surface area (Å²) in [5.41, 5.74) is 3.49. The summed E-state index contributed by atoms with van der Waals surface area (Å²) in [5.74, 6) is -0.359. The highest BCUT2D eigenvalue weighted by Gasteiger charge is 2.19. The van der Waals surface area contributed by atoms with Gasteiger partial charge in [0.15, 0.2) is 5.76 Å². The molecule has 2 aromatic heterocycles. The maximum Gasteiger partial charge on any atom is 0.227 e. The standard InChI is InChI=1S/C17H13ClN2O3S/c18-14-4-3-13(24-14)16-12(8-15(21)22)20-17(23-16)10-1-2-11-9(7-10)5-6-19-11/h1-4,7,19H,5-6,8H2,(H,21,22)/p-1. The second kappa shape index (κ2) is 5.96. The smallest absolute Gasteiger partial charge is 0.227 e. The largest absolute Gasteiger partial charge is 0.550 e. The molecule has 24 heavy (non-hydrogen) atoms. The van der Waals surface area contributed by atoms with E-state index in [4.69, 9.17) is 16.0 Å². The van der Waals surface area contributed by atoms with Crippen molar-refractivity contribution >= 4 is 34.6 Å². The highest BCUT2D eigenvalue weighted by atomic mass is 35.5. The summed E-state index contributed by atoms with van der Waals surface area (Å²) in [6.07, 6.45) is 0.643. The molecule has 3 heterocycles. The van der Waals surface area contributed by atoms with E-state index >= 15 is 0 Å². The van der Waals surface area contributed by atoms with Crippen LogP contribution in [-0.4, -0.2) is 17.5 Å². The van der Waals surface area contributed by atoms with Gasteiger partial charge >= 0.3 is 0 Å². The lowest BCUT2D eigenvalue weighted by Crippen LogP contribution is -2.24. The first-order valence-corrected chi connectivity index (χ1v) is 8.62. The molecule has 0 bridgehead atoms. The number of oxazole rings is 1. The highest BCUT2D eigenvalue weighted by molar-refractivity contribution is 7.19. The van der Waals surface area contributed by atoms with Crippen molar-refractivity contribution in [3.63, 3.8) is 0 Å². The van der Waals surface area contributed by atoms with Crippen LogP contribution in [0.1, 0.15) is 11.3 Å². The molecule has 122 valence electrons. The fourth-order valence-corrected chi connectivity index (χ4v) is 3.85. The molecule has 5 nitrogen and oxygen atoms in total. The van der Waals surface area contributed by atoms with E-state index in [9.17, 15) is 9.90 Å². The van der Waals surface area contributed by atoms with Crippen molar-refractivity contribution in [2.45, 2.75) is 12.8 Å². The van der Waals surface area contributed by atoms with E-state index in [-0.39, 0.29) is 6.42 Å². The normalized spacial score (nSPS) is 12.9. The van der Waals surface area contributed by atoms with Crippen LogP contribution in [0, 0.1) is 0 Å². The number of hydrogen-bond acceptors (Lipinski definition) is 6. The summed E-state index contributed by atoms with van der Waals surface area (Å²) in [4.78, 5) is 16.2. The van der Waals surface area contributed by atoms with E-state index < -0.39 is 5.97 Å². The molecule has 1 aliphatic rings. The Morgan fingerprint density at radius 3 is 3.00 bits per heavy atom. The minimum absolute atomic E-state index is 0.305. The molecule has 4 rings (SSSR count). The first kappa shape index (κ1) is 15.2. The Morgan fingerprint density at radius 2 is 2.25 bits per heavy atom. The fraction of sp³-hybridized carbons (Fsp3) is 0.176. The molecule has 1 aromatic carbocycles. The zero-order valence-corrected chi connectivity index (χ0v) is 14.0. The number of halogens is 1. The monoisotopic (exact) mass is 359 g/mol. The maximum atomic E-state index is 11.0. The summed E-state index contributed by atoms with van der Waals surface area (Å²) in [6, 6.07) is 9.46. The Labute approximate surface area is 146 Å². The van der Waals surface area contributed by atoms with Crippen LogP contribution < -0.4 is 10.4 Å². The Morgan fingerprint density at radius 1 is 1.38 bits per heavy atom. The molecule has 0 saturated carbocycles. The lowest BCUT2D eigenvalue weighted by Gasteiger charge is -2.01. The number of aliphatic carboxylic acids is 1. The topological polar surface area (TPSA) is 78.2 Å². The van der Waals surface area contributed by atoms with Gasteiger partial charge in [-0.2, -0.15) is 0 Å². The molecule has 0 fully saturated rings. The minimum atomic E-state index is -1.20. The van der Waals surface area contributed by atoms with Gasteiger partial charge in [0, 0.05) is 30.2 Å². The van der Waals surface area contributed by atoms with Crippen molar-refractivity contribution in [3.8, 4) is 22.1 Å². The fourth-order valence-electron chi connectivity index (χ4n) is 2.80. The van der Waals surface area contributed by atoms with Gasteiger partial charge in [-0.1, -0.05) is 11.6 Å². The van der Waals surface area contributed by atoms with E-state index in [1.807, 2.05) is 18.2 Å². The van der Waals surface area contributed by atoms with Crippen molar-refractivity contribution < 1.29 is 14.3 Å². The number of anilines is 1. The number of benzene rings is 1. The molecule has 0 radical (unpaired) electrons. The van der Waals surface area contributed by atoms with Gasteiger partial charge < -0.3 is 19.6 Å². The van der Waals surface area contributed by atoms with Crippen molar-refractivity contribution in [1.29, 1.82) is 0 Å². The van der Waals surface area contributed by atoms with Crippen LogP contribution in [0.2, 0.25) is 4.34 Å². The second-order valence-corrected chi connectivity index (χ2v) is 7.21. The zero-order chi connectivity index (χ0) is 16.7. The lowest BCUT2D eigenvalue weighted by atomic mass is 10.1. The molecule has 0 spiro atoms. The minimum Gasteiger partial charge on any atom is -0.550 e. The lowest BCUT2D eigenvalue weighted by molar-refractivity contribution is -0.304. The van der Waals surface area contributed by atoms with Crippen LogP contribution in [0.25, 0.3) is 22.1 Å². The van der Waals surface area contributed by atoms with Crippen molar-refractivity contribution in [2.24, 2.45) is 0 Å². The summed E-state index contributed by atoms with van der Waals surface area (Å²) < 4.78 is 6.49. The van der Waals surface area contributed by atoms with Gasteiger partial charge in [-0.3, -0.25) is 0 Å². The van der Waals surface area contributed by atoms with E-state index in [0.717, 1.165) is 29.1 Å². The third-order valence-electron chi connectivity index (χ3n) is 3.87. The summed E-state index contributed by atoms with van der Waals surface area (Å²) >= 11 is 7.30. The first-order valence-electron chi connectivity index (χ1n) is 7.42. The van der Waals surface area contributed by atoms with Crippen LogP contribution in [0.15, 0.2) is 34.7 Å². The van der Waals surface area contributed by atoms with Crippen LogP contribution in [-0.2, 0) is 17.6 Å². The molecule has 0 amide bonds. The molecule has 7 heteroatoms. The van der Waals surface area contributed by atoms with Gasteiger partial charge in [-0.25, -0.2) is 4.98 Å². The average molecular weight is 360 g/mol. The molecular formula is C17H12ClN2O3S-. The first-order chi connectivity index (χ1) is 11.6.